The molecule has 2 atom stereocenters. The second kappa shape index (κ2) is 5.35. The Morgan fingerprint density at radius 1 is 1.23 bits per heavy atom. The van der Waals surface area contributed by atoms with Crippen molar-refractivity contribution in [2.45, 2.75) is 50.6 Å². The summed E-state index contributed by atoms with van der Waals surface area (Å²) >= 11 is 0. The molecule has 2 fully saturated rings. The lowest BCUT2D eigenvalue weighted by Crippen LogP contribution is -2.59. The molecule has 2 aliphatic heterocycles. The van der Waals surface area contributed by atoms with Gasteiger partial charge in [-0.1, -0.05) is 12.1 Å². The number of fused-ring (bicyclic) bond motifs is 1. The van der Waals surface area contributed by atoms with Crippen molar-refractivity contribution in [1.29, 1.82) is 0 Å². The Morgan fingerprint density at radius 2 is 1.95 bits per heavy atom. The lowest BCUT2D eigenvalue weighted by molar-refractivity contribution is -0.139. The fourth-order valence-electron chi connectivity index (χ4n) is 3.46. The smallest absolute Gasteiger partial charge is 0.244 e. The molecule has 0 radical (unpaired) electrons. The first-order valence-corrected chi connectivity index (χ1v) is 9.16. The highest BCUT2D eigenvalue weighted by atomic mass is 32.2. The number of carbonyl (C=O) groups excluding carboxylic acids is 1. The Labute approximate surface area is 132 Å². The zero-order valence-corrected chi connectivity index (χ0v) is 14.1. The minimum atomic E-state index is -3.65. The summed E-state index contributed by atoms with van der Waals surface area (Å²) in [6.45, 7) is 6.53. The molecule has 1 aromatic carbocycles. The molecule has 2 saturated heterocycles. The van der Waals surface area contributed by atoms with E-state index in [4.69, 9.17) is 0 Å². The Morgan fingerprint density at radius 3 is 2.68 bits per heavy atom. The molecule has 1 aromatic rings. The van der Waals surface area contributed by atoms with Gasteiger partial charge in [0.25, 0.3) is 0 Å². The number of benzene rings is 1. The van der Waals surface area contributed by atoms with Crippen LogP contribution in [-0.2, 0) is 14.8 Å². The van der Waals surface area contributed by atoms with Crippen LogP contribution in [0.15, 0.2) is 23.1 Å². The summed E-state index contributed by atoms with van der Waals surface area (Å²) in [5.74, 6) is -0.0670. The third kappa shape index (κ3) is 2.34. The van der Waals surface area contributed by atoms with Gasteiger partial charge >= 0.3 is 0 Å². The van der Waals surface area contributed by atoms with E-state index in [-0.39, 0.29) is 11.9 Å². The molecule has 6 heteroatoms. The molecular weight excluding hydrogens is 300 g/mol. The second-order valence-corrected chi connectivity index (χ2v) is 8.21. The molecule has 0 bridgehead atoms. The molecule has 0 unspecified atom stereocenters. The molecule has 0 N–H and O–H groups in total. The summed E-state index contributed by atoms with van der Waals surface area (Å²) in [5.41, 5.74) is 1.63. The number of carbonyl (C=O) groups is 1. The van der Waals surface area contributed by atoms with Gasteiger partial charge in [0.15, 0.2) is 0 Å². The Kier molecular flexibility index (Phi) is 3.77. The maximum atomic E-state index is 13.1. The van der Waals surface area contributed by atoms with Crippen LogP contribution in [0, 0.1) is 13.8 Å². The van der Waals surface area contributed by atoms with Crippen molar-refractivity contribution in [3.63, 3.8) is 0 Å². The predicted octanol–water partition coefficient (Wildman–Crippen LogP) is 1.69. The fraction of sp³-hybridized carbons (Fsp3) is 0.562. The first-order chi connectivity index (χ1) is 10.3. The van der Waals surface area contributed by atoms with Crippen molar-refractivity contribution in [3.8, 4) is 0 Å². The molecule has 1 amide bonds. The number of sulfonamides is 1. The highest BCUT2D eigenvalue weighted by molar-refractivity contribution is 7.89. The number of rotatable bonds is 2. The summed E-state index contributed by atoms with van der Waals surface area (Å²) in [6, 6.07) is 4.82. The van der Waals surface area contributed by atoms with E-state index in [2.05, 4.69) is 0 Å². The van der Waals surface area contributed by atoms with E-state index in [1.165, 1.54) is 4.31 Å². The van der Waals surface area contributed by atoms with Crippen LogP contribution < -0.4 is 0 Å². The van der Waals surface area contributed by atoms with E-state index in [9.17, 15) is 13.2 Å². The van der Waals surface area contributed by atoms with Crippen molar-refractivity contribution >= 4 is 15.9 Å². The highest BCUT2D eigenvalue weighted by Crippen LogP contribution is 2.31. The molecule has 5 nitrogen and oxygen atoms in total. The zero-order chi connectivity index (χ0) is 16.1. The van der Waals surface area contributed by atoms with E-state index in [1.54, 1.807) is 19.9 Å². The van der Waals surface area contributed by atoms with Crippen LogP contribution in [0.5, 0.6) is 0 Å². The fourth-order valence-corrected chi connectivity index (χ4v) is 5.40. The van der Waals surface area contributed by atoms with Gasteiger partial charge in [0.05, 0.1) is 4.90 Å². The van der Waals surface area contributed by atoms with Crippen molar-refractivity contribution < 1.29 is 13.2 Å². The van der Waals surface area contributed by atoms with E-state index < -0.39 is 16.1 Å². The molecule has 0 aliphatic carbocycles. The maximum absolute atomic E-state index is 13.1. The largest absolute Gasteiger partial charge is 0.337 e. The van der Waals surface area contributed by atoms with Crippen LogP contribution in [0.3, 0.4) is 0 Å². The number of amides is 1. The normalized spacial score (nSPS) is 26.3. The third-order valence-electron chi connectivity index (χ3n) is 4.77. The Bertz CT molecular complexity index is 714. The first-order valence-electron chi connectivity index (χ1n) is 7.72. The highest BCUT2D eigenvalue weighted by Gasteiger charge is 2.45. The Hall–Kier alpha value is -1.40. The SMILES string of the molecule is Cc1ccc(C)c(S(=O)(=O)N2C[C@H]3CCCN3C(=O)[C@@H]2C)c1. The maximum Gasteiger partial charge on any atom is 0.244 e. The third-order valence-corrected chi connectivity index (χ3v) is 6.85. The summed E-state index contributed by atoms with van der Waals surface area (Å²) in [4.78, 5) is 14.6. The lowest BCUT2D eigenvalue weighted by Gasteiger charge is -2.40. The van der Waals surface area contributed by atoms with Crippen molar-refractivity contribution in [2.24, 2.45) is 0 Å². The predicted molar refractivity (Wildman–Crippen MR) is 84.0 cm³/mol. The first kappa shape index (κ1) is 15.5. The van der Waals surface area contributed by atoms with Crippen molar-refractivity contribution in [1.82, 2.24) is 9.21 Å². The molecule has 0 spiro atoms. The molecule has 2 heterocycles. The van der Waals surface area contributed by atoms with E-state index in [0.29, 0.717) is 11.4 Å². The van der Waals surface area contributed by atoms with E-state index >= 15 is 0 Å². The second-order valence-electron chi connectivity index (χ2n) is 6.35. The van der Waals surface area contributed by atoms with Gasteiger partial charge in [-0.25, -0.2) is 8.42 Å². The van der Waals surface area contributed by atoms with E-state index in [1.807, 2.05) is 24.0 Å². The quantitative estimate of drug-likeness (QED) is 0.832. The van der Waals surface area contributed by atoms with Gasteiger partial charge in [-0.2, -0.15) is 4.31 Å². The topological polar surface area (TPSA) is 57.7 Å². The average molecular weight is 322 g/mol. The van der Waals surface area contributed by atoms with Gasteiger partial charge in [-0.15, -0.1) is 0 Å². The van der Waals surface area contributed by atoms with Gasteiger partial charge in [-0.3, -0.25) is 4.79 Å². The average Bonchev–Trinajstić information content (AvgIpc) is 2.93. The summed E-state index contributed by atoms with van der Waals surface area (Å²) in [6.07, 6.45) is 1.85. The number of hydrogen-bond donors (Lipinski definition) is 0. The monoisotopic (exact) mass is 322 g/mol. The number of aryl methyl sites for hydroxylation is 2. The van der Waals surface area contributed by atoms with Gasteiger partial charge in [-0.05, 0) is 50.8 Å². The van der Waals surface area contributed by atoms with Gasteiger partial charge < -0.3 is 4.90 Å². The van der Waals surface area contributed by atoms with Crippen molar-refractivity contribution in [2.75, 3.05) is 13.1 Å². The zero-order valence-electron chi connectivity index (χ0n) is 13.2. The summed E-state index contributed by atoms with van der Waals surface area (Å²) < 4.78 is 27.5. The van der Waals surface area contributed by atoms with Crippen LogP contribution in [0.4, 0.5) is 0 Å². The lowest BCUT2D eigenvalue weighted by atomic mass is 10.1. The molecule has 0 saturated carbocycles. The Balaban J connectivity index is 2.01. The van der Waals surface area contributed by atoms with Crippen LogP contribution in [0.1, 0.15) is 30.9 Å². The van der Waals surface area contributed by atoms with Gasteiger partial charge in [0.2, 0.25) is 15.9 Å². The molecule has 22 heavy (non-hydrogen) atoms. The van der Waals surface area contributed by atoms with Crippen LogP contribution >= 0.6 is 0 Å². The van der Waals surface area contributed by atoms with E-state index in [0.717, 1.165) is 30.5 Å². The van der Waals surface area contributed by atoms with Crippen LogP contribution in [0.2, 0.25) is 0 Å². The molecule has 3 rings (SSSR count). The van der Waals surface area contributed by atoms with Crippen LogP contribution in [0.25, 0.3) is 0 Å². The van der Waals surface area contributed by atoms with Gasteiger partial charge in [0.1, 0.15) is 6.04 Å². The molecular formula is C16H22N2O3S. The number of piperazine rings is 1. The van der Waals surface area contributed by atoms with Crippen LogP contribution in [-0.4, -0.2) is 48.7 Å². The summed E-state index contributed by atoms with van der Waals surface area (Å²) in [5, 5.41) is 0. The number of nitrogens with zero attached hydrogens (tertiary/aromatic N) is 2. The minimum absolute atomic E-state index is 0.0311. The minimum Gasteiger partial charge on any atom is -0.337 e. The molecule has 0 aromatic heterocycles. The van der Waals surface area contributed by atoms with Crippen molar-refractivity contribution in [3.05, 3.63) is 29.3 Å². The van der Waals surface area contributed by atoms with Gasteiger partial charge in [0, 0.05) is 19.1 Å². The summed E-state index contributed by atoms with van der Waals surface area (Å²) in [7, 11) is -3.65. The standard InChI is InChI=1S/C16H22N2O3S/c1-11-6-7-12(2)15(9-11)22(20,21)18-10-14-5-4-8-17(14)16(19)13(18)3/h6-7,9,13-14H,4-5,8,10H2,1-3H3/t13-,14+/m0/s1. The molecule has 120 valence electrons. The molecule has 2 aliphatic rings. The number of hydrogen-bond acceptors (Lipinski definition) is 3.